The van der Waals surface area contributed by atoms with Gasteiger partial charge >= 0.3 is 18.0 Å². The topological polar surface area (TPSA) is 105 Å². The largest absolute Gasteiger partial charge is 0.480 e. The first-order chi connectivity index (χ1) is 9.93. The summed E-state index contributed by atoms with van der Waals surface area (Å²) in [5.41, 5.74) is 0.784. The zero-order chi connectivity index (χ0) is 15.8. The van der Waals surface area contributed by atoms with E-state index in [2.05, 4.69) is 15.4 Å². The van der Waals surface area contributed by atoms with Gasteiger partial charge in [-0.2, -0.15) is 0 Å². The average molecular weight is 294 g/mol. The van der Waals surface area contributed by atoms with E-state index in [1.807, 2.05) is 6.07 Å². The SMILES string of the molecule is COC(=O)C(C)NC(=O)NC(Cc1ccccc1)C(=O)O. The highest BCUT2D eigenvalue weighted by Crippen LogP contribution is 2.03. The predicted octanol–water partition coefficient (Wildman–Crippen LogP) is 0.543. The maximum atomic E-state index is 11.7. The molecular formula is C14H18N2O5. The molecule has 0 saturated heterocycles. The minimum Gasteiger partial charge on any atom is -0.480 e. The molecule has 0 bridgehead atoms. The molecule has 0 saturated carbocycles. The lowest BCUT2D eigenvalue weighted by Gasteiger charge is -2.17. The fourth-order valence-electron chi connectivity index (χ4n) is 1.68. The Hall–Kier alpha value is -2.57. The fourth-order valence-corrected chi connectivity index (χ4v) is 1.68. The molecule has 2 amide bonds. The molecule has 1 rings (SSSR count). The van der Waals surface area contributed by atoms with E-state index in [1.54, 1.807) is 24.3 Å². The number of benzene rings is 1. The first-order valence-electron chi connectivity index (χ1n) is 6.35. The highest BCUT2D eigenvalue weighted by molar-refractivity contribution is 5.86. The molecule has 7 nitrogen and oxygen atoms in total. The summed E-state index contributed by atoms with van der Waals surface area (Å²) in [6.45, 7) is 1.44. The second-order valence-electron chi connectivity index (χ2n) is 4.44. The highest BCUT2D eigenvalue weighted by atomic mass is 16.5. The number of carbonyl (C=O) groups excluding carboxylic acids is 2. The number of carboxylic acids is 1. The predicted molar refractivity (Wildman–Crippen MR) is 74.7 cm³/mol. The first-order valence-corrected chi connectivity index (χ1v) is 6.35. The Balaban J connectivity index is 2.60. The van der Waals surface area contributed by atoms with E-state index in [-0.39, 0.29) is 6.42 Å². The monoisotopic (exact) mass is 294 g/mol. The van der Waals surface area contributed by atoms with Gasteiger partial charge in [-0.3, -0.25) is 0 Å². The second kappa shape index (κ2) is 7.88. The number of methoxy groups -OCH3 is 1. The summed E-state index contributed by atoms with van der Waals surface area (Å²) < 4.78 is 4.46. The van der Waals surface area contributed by atoms with Crippen LogP contribution >= 0.6 is 0 Å². The molecule has 0 spiro atoms. The lowest BCUT2D eigenvalue weighted by Crippen LogP contribution is -2.51. The van der Waals surface area contributed by atoms with Crippen LogP contribution in [0.3, 0.4) is 0 Å². The summed E-state index contributed by atoms with van der Waals surface area (Å²) in [6, 6.07) is 6.24. The maximum Gasteiger partial charge on any atom is 0.328 e. The number of aliphatic carboxylic acids is 1. The molecule has 21 heavy (non-hydrogen) atoms. The summed E-state index contributed by atoms with van der Waals surface area (Å²) in [7, 11) is 1.20. The molecular weight excluding hydrogens is 276 g/mol. The molecule has 0 radical (unpaired) electrons. The number of carboxylic acid groups (broad SMARTS) is 1. The highest BCUT2D eigenvalue weighted by Gasteiger charge is 2.22. The number of nitrogens with one attached hydrogen (secondary N) is 2. The molecule has 2 atom stereocenters. The summed E-state index contributed by atoms with van der Waals surface area (Å²) in [6.07, 6.45) is 0.149. The van der Waals surface area contributed by atoms with E-state index >= 15 is 0 Å². The van der Waals surface area contributed by atoms with E-state index in [9.17, 15) is 14.4 Å². The molecule has 3 N–H and O–H groups in total. The van der Waals surface area contributed by atoms with Gasteiger partial charge in [0.15, 0.2) is 0 Å². The maximum absolute atomic E-state index is 11.7. The standard InChI is InChI=1S/C14H18N2O5/c1-9(13(19)21-2)15-14(20)16-11(12(17)18)8-10-6-4-3-5-7-10/h3-7,9,11H,8H2,1-2H3,(H,17,18)(H2,15,16,20). The number of hydrogen-bond acceptors (Lipinski definition) is 4. The molecule has 0 aliphatic heterocycles. The summed E-state index contributed by atoms with van der Waals surface area (Å²) in [5, 5.41) is 13.8. The lowest BCUT2D eigenvalue weighted by atomic mass is 10.1. The van der Waals surface area contributed by atoms with E-state index < -0.39 is 30.1 Å². The van der Waals surface area contributed by atoms with Crippen molar-refractivity contribution in [3.63, 3.8) is 0 Å². The Labute approximate surface area is 122 Å². The zero-order valence-electron chi connectivity index (χ0n) is 11.8. The van der Waals surface area contributed by atoms with Crippen molar-refractivity contribution in [2.75, 3.05) is 7.11 Å². The van der Waals surface area contributed by atoms with Gasteiger partial charge in [-0.05, 0) is 12.5 Å². The van der Waals surface area contributed by atoms with Crippen LogP contribution in [0.15, 0.2) is 30.3 Å². The molecule has 7 heteroatoms. The zero-order valence-corrected chi connectivity index (χ0v) is 11.8. The van der Waals surface area contributed by atoms with Crippen molar-refractivity contribution in [2.45, 2.75) is 25.4 Å². The van der Waals surface area contributed by atoms with Crippen LogP contribution < -0.4 is 10.6 Å². The molecule has 0 fully saturated rings. The van der Waals surface area contributed by atoms with Gasteiger partial charge in [0.2, 0.25) is 0 Å². The summed E-state index contributed by atoms with van der Waals surface area (Å²) in [5.74, 6) is -1.76. The number of rotatable bonds is 6. The quantitative estimate of drug-likeness (QED) is 0.664. The van der Waals surface area contributed by atoms with Gasteiger partial charge in [0.1, 0.15) is 12.1 Å². The minimum atomic E-state index is -1.15. The third kappa shape index (κ3) is 5.52. The Morgan fingerprint density at radius 2 is 1.81 bits per heavy atom. The lowest BCUT2D eigenvalue weighted by molar-refractivity contribution is -0.142. The minimum absolute atomic E-state index is 0.149. The van der Waals surface area contributed by atoms with Crippen molar-refractivity contribution in [1.82, 2.24) is 10.6 Å². The normalized spacial score (nSPS) is 12.9. The Morgan fingerprint density at radius 3 is 2.33 bits per heavy atom. The fraction of sp³-hybridized carbons (Fsp3) is 0.357. The molecule has 0 heterocycles. The van der Waals surface area contributed by atoms with E-state index in [1.165, 1.54) is 14.0 Å². The van der Waals surface area contributed by atoms with Gasteiger partial charge in [-0.15, -0.1) is 0 Å². The average Bonchev–Trinajstić information content (AvgIpc) is 2.46. The summed E-state index contributed by atoms with van der Waals surface area (Å²) in [4.78, 5) is 34.0. The third-order valence-electron chi connectivity index (χ3n) is 2.79. The Kier molecular flexibility index (Phi) is 6.19. The van der Waals surface area contributed by atoms with Gasteiger partial charge in [0, 0.05) is 6.42 Å². The smallest absolute Gasteiger partial charge is 0.328 e. The first kappa shape index (κ1) is 16.5. The van der Waals surface area contributed by atoms with Crippen LogP contribution in [0.2, 0.25) is 0 Å². The van der Waals surface area contributed by atoms with Crippen LogP contribution in [0.25, 0.3) is 0 Å². The van der Waals surface area contributed by atoms with Crippen molar-refractivity contribution in [3.8, 4) is 0 Å². The van der Waals surface area contributed by atoms with Crippen molar-refractivity contribution in [2.24, 2.45) is 0 Å². The molecule has 1 aromatic rings. The molecule has 0 aliphatic carbocycles. The van der Waals surface area contributed by atoms with E-state index in [0.29, 0.717) is 0 Å². The van der Waals surface area contributed by atoms with Gasteiger partial charge in [-0.1, -0.05) is 30.3 Å². The number of carbonyl (C=O) groups is 3. The van der Waals surface area contributed by atoms with Gasteiger partial charge in [0.05, 0.1) is 7.11 Å². The van der Waals surface area contributed by atoms with Crippen LogP contribution in [0.4, 0.5) is 4.79 Å². The van der Waals surface area contributed by atoms with Crippen LogP contribution in [-0.2, 0) is 20.7 Å². The number of hydrogen-bond donors (Lipinski definition) is 3. The molecule has 114 valence electrons. The van der Waals surface area contributed by atoms with Crippen molar-refractivity contribution >= 4 is 18.0 Å². The van der Waals surface area contributed by atoms with E-state index in [0.717, 1.165) is 5.56 Å². The second-order valence-corrected chi connectivity index (χ2v) is 4.44. The molecule has 2 unspecified atom stereocenters. The van der Waals surface area contributed by atoms with Gasteiger partial charge in [0.25, 0.3) is 0 Å². The Morgan fingerprint density at radius 1 is 1.19 bits per heavy atom. The van der Waals surface area contributed by atoms with Crippen LogP contribution in [0, 0.1) is 0 Å². The van der Waals surface area contributed by atoms with Crippen molar-refractivity contribution < 1.29 is 24.2 Å². The Bertz CT molecular complexity index is 503. The molecule has 0 aliphatic rings. The number of urea groups is 1. The van der Waals surface area contributed by atoms with Crippen molar-refractivity contribution in [3.05, 3.63) is 35.9 Å². The molecule has 0 aromatic heterocycles. The summed E-state index contributed by atoms with van der Waals surface area (Å²) >= 11 is 0. The van der Waals surface area contributed by atoms with Crippen LogP contribution in [0.5, 0.6) is 0 Å². The molecule has 1 aromatic carbocycles. The third-order valence-corrected chi connectivity index (χ3v) is 2.79. The van der Waals surface area contributed by atoms with Crippen LogP contribution in [0.1, 0.15) is 12.5 Å². The number of amides is 2. The number of ether oxygens (including phenoxy) is 1. The van der Waals surface area contributed by atoms with Crippen LogP contribution in [-0.4, -0.2) is 42.3 Å². The number of esters is 1. The van der Waals surface area contributed by atoms with E-state index in [4.69, 9.17) is 5.11 Å². The van der Waals surface area contributed by atoms with Gasteiger partial charge in [-0.25, -0.2) is 14.4 Å². The van der Waals surface area contributed by atoms with Gasteiger partial charge < -0.3 is 20.5 Å². The van der Waals surface area contributed by atoms with Crippen molar-refractivity contribution in [1.29, 1.82) is 0 Å².